The van der Waals surface area contributed by atoms with Gasteiger partial charge in [0.25, 0.3) is 11.5 Å². The second kappa shape index (κ2) is 4.83. The fourth-order valence-corrected chi connectivity index (χ4v) is 1.52. The van der Waals surface area contributed by atoms with Gasteiger partial charge >= 0.3 is 5.97 Å². The molecule has 1 amide bonds. The second-order valence-corrected chi connectivity index (χ2v) is 4.90. The lowest BCUT2D eigenvalue weighted by Gasteiger charge is -2.21. The highest BCUT2D eigenvalue weighted by Gasteiger charge is 2.31. The van der Waals surface area contributed by atoms with Gasteiger partial charge in [-0.25, -0.2) is 9.48 Å². The molecule has 0 fully saturated rings. The summed E-state index contributed by atoms with van der Waals surface area (Å²) in [5, 5.41) is 15.3. The number of nitrogens with one attached hydrogen (secondary N) is 1. The molecule has 0 aliphatic carbocycles. The summed E-state index contributed by atoms with van der Waals surface area (Å²) in [7, 11) is 1.44. The molecule has 1 aromatic rings. The number of carbonyl (C=O) groups excluding carboxylic acids is 1. The van der Waals surface area contributed by atoms with E-state index in [-0.39, 0.29) is 5.56 Å². The van der Waals surface area contributed by atoms with Crippen LogP contribution < -0.4 is 10.9 Å². The molecule has 1 aromatic heterocycles. The maximum atomic E-state index is 12.1. The van der Waals surface area contributed by atoms with E-state index in [0.717, 1.165) is 4.68 Å². The molecule has 0 saturated carbocycles. The number of amides is 1. The number of carbonyl (C=O) groups is 2. The first-order valence-corrected chi connectivity index (χ1v) is 5.68. The maximum absolute atomic E-state index is 12.1. The third kappa shape index (κ3) is 2.81. The third-order valence-corrected chi connectivity index (χ3v) is 2.91. The quantitative estimate of drug-likeness (QED) is 0.802. The van der Waals surface area contributed by atoms with Crippen LogP contribution in [0.2, 0.25) is 0 Å². The Kier molecular flexibility index (Phi) is 3.78. The summed E-state index contributed by atoms with van der Waals surface area (Å²) >= 11 is 0. The van der Waals surface area contributed by atoms with Gasteiger partial charge in [-0.05, 0) is 33.3 Å². The van der Waals surface area contributed by atoms with Crippen LogP contribution in [-0.4, -0.2) is 32.3 Å². The lowest BCUT2D eigenvalue weighted by molar-refractivity contribution is -0.143. The molecule has 7 nitrogen and oxygen atoms in total. The van der Waals surface area contributed by atoms with Crippen molar-refractivity contribution in [1.29, 1.82) is 0 Å². The van der Waals surface area contributed by atoms with E-state index in [1.807, 2.05) is 0 Å². The Balaban J connectivity index is 3.29. The molecule has 0 bridgehead atoms. The summed E-state index contributed by atoms with van der Waals surface area (Å²) in [6.07, 6.45) is 0. The number of hydrogen-bond acceptors (Lipinski definition) is 4. The van der Waals surface area contributed by atoms with Crippen molar-refractivity contribution in [3.05, 3.63) is 27.2 Å². The van der Waals surface area contributed by atoms with Gasteiger partial charge in [0.05, 0.1) is 5.69 Å². The molecule has 0 saturated heterocycles. The van der Waals surface area contributed by atoms with Gasteiger partial charge in [0.1, 0.15) is 11.1 Å². The fraction of sp³-hybridized carbons (Fsp3) is 0.500. The van der Waals surface area contributed by atoms with Crippen molar-refractivity contribution in [2.24, 2.45) is 7.05 Å². The van der Waals surface area contributed by atoms with Crippen molar-refractivity contribution in [3.63, 3.8) is 0 Å². The molecule has 104 valence electrons. The molecule has 0 spiro atoms. The lowest BCUT2D eigenvalue weighted by Crippen LogP contribution is -2.51. The van der Waals surface area contributed by atoms with E-state index in [1.54, 1.807) is 13.8 Å². The van der Waals surface area contributed by atoms with E-state index >= 15 is 0 Å². The van der Waals surface area contributed by atoms with Gasteiger partial charge in [-0.3, -0.25) is 9.59 Å². The van der Waals surface area contributed by atoms with Crippen LogP contribution in [0.4, 0.5) is 0 Å². The van der Waals surface area contributed by atoms with Gasteiger partial charge < -0.3 is 10.4 Å². The highest BCUT2D eigenvalue weighted by Crippen LogP contribution is 2.09. The molecule has 1 rings (SSSR count). The van der Waals surface area contributed by atoms with Crippen LogP contribution in [0.25, 0.3) is 0 Å². The number of carboxylic acid groups (broad SMARTS) is 1. The summed E-state index contributed by atoms with van der Waals surface area (Å²) in [6, 6.07) is 0. The summed E-state index contributed by atoms with van der Waals surface area (Å²) in [4.78, 5) is 35.0. The van der Waals surface area contributed by atoms with Crippen molar-refractivity contribution < 1.29 is 14.7 Å². The molecule has 0 aliphatic rings. The maximum Gasteiger partial charge on any atom is 0.328 e. The molecule has 7 heteroatoms. The molecule has 0 unspecified atom stereocenters. The monoisotopic (exact) mass is 267 g/mol. The van der Waals surface area contributed by atoms with Gasteiger partial charge in [-0.2, -0.15) is 5.10 Å². The van der Waals surface area contributed by atoms with E-state index < -0.39 is 23.0 Å². The number of aryl methyl sites for hydroxylation is 2. The predicted octanol–water partition coefficient (Wildman–Crippen LogP) is -0.00986. The Morgan fingerprint density at radius 3 is 2.32 bits per heavy atom. The van der Waals surface area contributed by atoms with Gasteiger partial charge in [-0.15, -0.1) is 0 Å². The van der Waals surface area contributed by atoms with Gasteiger partial charge in [0.2, 0.25) is 0 Å². The summed E-state index contributed by atoms with van der Waals surface area (Å²) in [5.41, 5.74) is -1.10. The summed E-state index contributed by atoms with van der Waals surface area (Å²) < 4.78 is 1.06. The molecule has 0 aromatic carbocycles. The van der Waals surface area contributed by atoms with Crippen LogP contribution >= 0.6 is 0 Å². The molecule has 0 aliphatic heterocycles. The topological polar surface area (TPSA) is 101 Å². The number of aromatic nitrogens is 2. The SMILES string of the molecule is Cc1nn(C)c(=O)c(C(=O)NC(C)(C)C(=O)O)c1C. The zero-order chi connectivity index (χ0) is 15.0. The zero-order valence-electron chi connectivity index (χ0n) is 11.6. The van der Waals surface area contributed by atoms with Crippen LogP contribution in [0.5, 0.6) is 0 Å². The van der Waals surface area contributed by atoms with E-state index in [9.17, 15) is 14.4 Å². The zero-order valence-corrected chi connectivity index (χ0v) is 11.6. The van der Waals surface area contributed by atoms with Crippen LogP contribution in [0, 0.1) is 13.8 Å². The molecular weight excluding hydrogens is 250 g/mol. The van der Waals surface area contributed by atoms with E-state index in [1.165, 1.54) is 20.9 Å². The Morgan fingerprint density at radius 2 is 1.84 bits per heavy atom. The van der Waals surface area contributed by atoms with Crippen LogP contribution in [0.3, 0.4) is 0 Å². The molecule has 0 radical (unpaired) electrons. The molecule has 0 atom stereocenters. The Bertz CT molecular complexity index is 602. The Morgan fingerprint density at radius 1 is 1.32 bits per heavy atom. The molecular formula is C12H17N3O4. The van der Waals surface area contributed by atoms with E-state index in [2.05, 4.69) is 10.4 Å². The first-order chi connectivity index (χ1) is 8.58. The Hall–Kier alpha value is -2.18. The van der Waals surface area contributed by atoms with Crippen LogP contribution in [-0.2, 0) is 11.8 Å². The number of hydrogen-bond donors (Lipinski definition) is 2. The smallest absolute Gasteiger partial charge is 0.328 e. The minimum absolute atomic E-state index is 0.0793. The van der Waals surface area contributed by atoms with E-state index in [4.69, 9.17) is 5.11 Å². The average Bonchev–Trinajstić information content (AvgIpc) is 2.25. The van der Waals surface area contributed by atoms with Crippen LogP contribution in [0.1, 0.15) is 35.5 Å². The van der Waals surface area contributed by atoms with Crippen molar-refractivity contribution in [2.45, 2.75) is 33.2 Å². The van der Waals surface area contributed by atoms with Crippen molar-refractivity contribution in [1.82, 2.24) is 15.1 Å². The molecule has 2 N–H and O–H groups in total. The standard InChI is InChI=1S/C12H17N3O4/c1-6-7(2)14-15(5)10(17)8(6)9(16)13-12(3,4)11(18)19/h1-5H3,(H,13,16)(H,18,19). The Labute approximate surface area is 110 Å². The third-order valence-electron chi connectivity index (χ3n) is 2.91. The summed E-state index contributed by atoms with van der Waals surface area (Å²) in [6.45, 7) is 5.97. The largest absolute Gasteiger partial charge is 0.480 e. The normalized spacial score (nSPS) is 11.2. The number of nitrogens with zero attached hydrogens (tertiary/aromatic N) is 2. The highest BCUT2D eigenvalue weighted by molar-refractivity contribution is 5.98. The average molecular weight is 267 g/mol. The van der Waals surface area contributed by atoms with E-state index in [0.29, 0.717) is 11.3 Å². The minimum Gasteiger partial charge on any atom is -0.480 e. The first-order valence-electron chi connectivity index (χ1n) is 5.68. The van der Waals surface area contributed by atoms with Crippen molar-refractivity contribution >= 4 is 11.9 Å². The van der Waals surface area contributed by atoms with Crippen molar-refractivity contribution in [3.8, 4) is 0 Å². The minimum atomic E-state index is -1.45. The molecule has 19 heavy (non-hydrogen) atoms. The van der Waals surface area contributed by atoms with Gasteiger partial charge in [-0.1, -0.05) is 0 Å². The number of carboxylic acids is 1. The first kappa shape index (κ1) is 14.9. The van der Waals surface area contributed by atoms with Crippen molar-refractivity contribution in [2.75, 3.05) is 0 Å². The summed E-state index contributed by atoms with van der Waals surface area (Å²) in [5.74, 6) is -1.89. The second-order valence-electron chi connectivity index (χ2n) is 4.90. The highest BCUT2D eigenvalue weighted by atomic mass is 16.4. The predicted molar refractivity (Wildman–Crippen MR) is 68.1 cm³/mol. The number of aliphatic carboxylic acids is 1. The number of rotatable bonds is 3. The lowest BCUT2D eigenvalue weighted by atomic mass is 10.0. The van der Waals surface area contributed by atoms with Crippen LogP contribution in [0.15, 0.2) is 4.79 Å². The molecule has 1 heterocycles. The fourth-order valence-electron chi connectivity index (χ4n) is 1.52. The van der Waals surface area contributed by atoms with Gasteiger partial charge in [0, 0.05) is 7.05 Å². The van der Waals surface area contributed by atoms with Gasteiger partial charge in [0.15, 0.2) is 0 Å².